The average molecular weight is 447 g/mol. The molecule has 0 saturated heterocycles. The summed E-state index contributed by atoms with van der Waals surface area (Å²) in [5.74, 6) is 1.11. The average Bonchev–Trinajstić information content (AvgIpc) is 3.14. The first-order chi connectivity index (χ1) is 15.9. The third kappa shape index (κ3) is 4.68. The number of likely N-dealkylation sites (N-methyl/N-ethyl adjacent to an activating group) is 2. The van der Waals surface area contributed by atoms with Crippen LogP contribution < -0.4 is 20.7 Å². The molecule has 33 heavy (non-hydrogen) atoms. The van der Waals surface area contributed by atoms with Crippen molar-refractivity contribution in [2.45, 2.75) is 0 Å². The minimum atomic E-state index is 0.451. The minimum Gasteiger partial charge on any atom is -0.494 e. The number of fused-ring (bicyclic) bond motifs is 1. The van der Waals surface area contributed by atoms with E-state index in [9.17, 15) is 0 Å². The highest BCUT2D eigenvalue weighted by Gasteiger charge is 2.15. The molecule has 0 unspecified atom stereocenters. The van der Waals surface area contributed by atoms with Crippen LogP contribution in [0.2, 0.25) is 0 Å². The number of nitrogen functional groups attached to an aromatic ring is 1. The SMILES string of the molecule is COc1cc(N(C)CCN(C)C)c(N)cc1Nc1nccc(-c2cn(C)c3cccnc23)n1. The van der Waals surface area contributed by atoms with Gasteiger partial charge in [0.05, 0.1) is 40.9 Å². The second-order valence-corrected chi connectivity index (χ2v) is 8.25. The number of aromatic nitrogens is 4. The van der Waals surface area contributed by atoms with E-state index in [1.165, 1.54) is 0 Å². The van der Waals surface area contributed by atoms with Gasteiger partial charge in [-0.05, 0) is 38.4 Å². The van der Waals surface area contributed by atoms with Crippen LogP contribution in [0.25, 0.3) is 22.3 Å². The predicted molar refractivity (Wildman–Crippen MR) is 134 cm³/mol. The van der Waals surface area contributed by atoms with Crippen LogP contribution in [0.15, 0.2) is 48.9 Å². The maximum Gasteiger partial charge on any atom is 0.227 e. The fourth-order valence-electron chi connectivity index (χ4n) is 3.74. The molecule has 9 nitrogen and oxygen atoms in total. The van der Waals surface area contributed by atoms with E-state index in [2.05, 4.69) is 25.1 Å². The molecular weight excluding hydrogens is 416 g/mol. The van der Waals surface area contributed by atoms with E-state index in [0.29, 0.717) is 23.1 Å². The topological polar surface area (TPSA) is 97.4 Å². The molecular formula is C24H30N8O. The first-order valence-electron chi connectivity index (χ1n) is 10.7. The van der Waals surface area contributed by atoms with Crippen LogP contribution in [-0.4, -0.2) is 65.8 Å². The second-order valence-electron chi connectivity index (χ2n) is 8.25. The lowest BCUT2D eigenvalue weighted by atomic mass is 10.2. The molecule has 0 fully saturated rings. The quantitative estimate of drug-likeness (QED) is 0.398. The fourth-order valence-corrected chi connectivity index (χ4v) is 3.74. The van der Waals surface area contributed by atoms with Gasteiger partial charge in [0.1, 0.15) is 5.75 Å². The summed E-state index contributed by atoms with van der Waals surface area (Å²) in [6.07, 6.45) is 5.54. The largest absolute Gasteiger partial charge is 0.494 e. The molecule has 3 heterocycles. The van der Waals surface area contributed by atoms with E-state index in [4.69, 9.17) is 15.5 Å². The molecule has 4 rings (SSSR count). The van der Waals surface area contributed by atoms with E-state index in [1.807, 2.05) is 69.3 Å². The van der Waals surface area contributed by atoms with Gasteiger partial charge in [-0.1, -0.05) is 0 Å². The normalized spacial score (nSPS) is 11.2. The zero-order chi connectivity index (χ0) is 23.5. The Morgan fingerprint density at radius 3 is 2.67 bits per heavy atom. The molecule has 0 amide bonds. The van der Waals surface area contributed by atoms with Crippen molar-refractivity contribution in [2.75, 3.05) is 57.3 Å². The maximum absolute atomic E-state index is 6.39. The molecule has 0 aliphatic carbocycles. The lowest BCUT2D eigenvalue weighted by Gasteiger charge is -2.24. The Morgan fingerprint density at radius 1 is 1.09 bits per heavy atom. The summed E-state index contributed by atoms with van der Waals surface area (Å²) in [5.41, 5.74) is 12.3. The molecule has 9 heteroatoms. The smallest absolute Gasteiger partial charge is 0.227 e. The highest BCUT2D eigenvalue weighted by Crippen LogP contribution is 2.36. The Balaban J connectivity index is 1.63. The van der Waals surface area contributed by atoms with Crippen molar-refractivity contribution in [3.8, 4) is 17.0 Å². The predicted octanol–water partition coefficient (Wildman–Crippen LogP) is 3.36. The van der Waals surface area contributed by atoms with Crippen LogP contribution in [-0.2, 0) is 7.05 Å². The number of nitrogens with zero attached hydrogens (tertiary/aromatic N) is 6. The number of hydrogen-bond acceptors (Lipinski definition) is 8. The van der Waals surface area contributed by atoms with Gasteiger partial charge in [-0.25, -0.2) is 9.97 Å². The van der Waals surface area contributed by atoms with Crippen molar-refractivity contribution < 1.29 is 4.74 Å². The molecule has 0 spiro atoms. The summed E-state index contributed by atoms with van der Waals surface area (Å²) >= 11 is 0. The van der Waals surface area contributed by atoms with Crippen molar-refractivity contribution in [1.29, 1.82) is 0 Å². The van der Waals surface area contributed by atoms with Crippen LogP contribution in [0.3, 0.4) is 0 Å². The first kappa shape index (κ1) is 22.3. The van der Waals surface area contributed by atoms with Gasteiger partial charge in [-0.2, -0.15) is 0 Å². The number of benzene rings is 1. The summed E-state index contributed by atoms with van der Waals surface area (Å²) in [4.78, 5) is 17.9. The molecule has 4 aromatic rings. The van der Waals surface area contributed by atoms with Crippen LogP contribution in [0, 0.1) is 0 Å². The monoisotopic (exact) mass is 446 g/mol. The van der Waals surface area contributed by atoms with Gasteiger partial charge in [0.2, 0.25) is 5.95 Å². The molecule has 1 aromatic carbocycles. The van der Waals surface area contributed by atoms with E-state index >= 15 is 0 Å². The van der Waals surface area contributed by atoms with E-state index in [-0.39, 0.29) is 0 Å². The van der Waals surface area contributed by atoms with Gasteiger partial charge in [0, 0.05) is 57.4 Å². The number of pyridine rings is 1. The zero-order valence-electron chi connectivity index (χ0n) is 19.7. The summed E-state index contributed by atoms with van der Waals surface area (Å²) in [6.45, 7) is 1.76. The molecule has 0 aliphatic rings. The Bertz CT molecular complexity index is 1270. The molecule has 172 valence electrons. The maximum atomic E-state index is 6.39. The van der Waals surface area contributed by atoms with E-state index < -0.39 is 0 Å². The number of rotatable bonds is 8. The van der Waals surface area contributed by atoms with Gasteiger partial charge in [-0.15, -0.1) is 0 Å². The molecule has 0 bridgehead atoms. The molecule has 0 aliphatic heterocycles. The van der Waals surface area contributed by atoms with Crippen molar-refractivity contribution >= 4 is 34.0 Å². The number of methoxy groups -OCH3 is 1. The Morgan fingerprint density at radius 2 is 1.91 bits per heavy atom. The van der Waals surface area contributed by atoms with Gasteiger partial charge >= 0.3 is 0 Å². The van der Waals surface area contributed by atoms with Crippen molar-refractivity contribution in [2.24, 2.45) is 7.05 Å². The number of anilines is 4. The standard InChI is InChI=1S/C24H30N8O/c1-30(2)11-12-31(3)21-14-22(33-5)19(13-17(21)25)29-24-27-10-8-18(28-24)16-15-32(4)20-7-6-9-26-23(16)20/h6-10,13-15H,11-12,25H2,1-5H3,(H,27,28,29). The lowest BCUT2D eigenvalue weighted by Crippen LogP contribution is -2.29. The van der Waals surface area contributed by atoms with E-state index in [0.717, 1.165) is 41.1 Å². The number of aryl methyl sites for hydroxylation is 1. The van der Waals surface area contributed by atoms with Crippen LogP contribution >= 0.6 is 0 Å². The van der Waals surface area contributed by atoms with Gasteiger partial charge < -0.3 is 30.2 Å². The highest BCUT2D eigenvalue weighted by atomic mass is 16.5. The summed E-state index contributed by atoms with van der Waals surface area (Å²) in [7, 11) is 9.75. The number of hydrogen-bond donors (Lipinski definition) is 2. The highest BCUT2D eigenvalue weighted by molar-refractivity contribution is 5.92. The second kappa shape index (κ2) is 9.33. The summed E-state index contributed by atoms with van der Waals surface area (Å²) in [5, 5.41) is 3.26. The molecule has 3 N–H and O–H groups in total. The van der Waals surface area contributed by atoms with Crippen LogP contribution in [0.5, 0.6) is 5.75 Å². The minimum absolute atomic E-state index is 0.451. The third-order valence-corrected chi connectivity index (χ3v) is 5.56. The number of nitrogens with one attached hydrogen (secondary N) is 1. The van der Waals surface area contributed by atoms with Gasteiger partial charge in [-0.3, -0.25) is 4.98 Å². The Labute approximate surface area is 193 Å². The molecule has 0 atom stereocenters. The molecule has 3 aromatic heterocycles. The van der Waals surface area contributed by atoms with Crippen molar-refractivity contribution in [3.05, 3.63) is 48.9 Å². The van der Waals surface area contributed by atoms with Crippen molar-refractivity contribution in [3.63, 3.8) is 0 Å². The number of ether oxygens (including phenoxy) is 1. The lowest BCUT2D eigenvalue weighted by molar-refractivity contribution is 0.413. The van der Waals surface area contributed by atoms with Gasteiger partial charge in [0.15, 0.2) is 0 Å². The van der Waals surface area contributed by atoms with Crippen LogP contribution in [0.4, 0.5) is 23.0 Å². The summed E-state index contributed by atoms with van der Waals surface area (Å²) in [6, 6.07) is 9.64. The Kier molecular flexibility index (Phi) is 6.32. The van der Waals surface area contributed by atoms with E-state index in [1.54, 1.807) is 19.5 Å². The molecule has 0 saturated carbocycles. The fraction of sp³-hybridized carbons (Fsp3) is 0.292. The summed E-state index contributed by atoms with van der Waals surface area (Å²) < 4.78 is 7.68. The number of nitrogens with two attached hydrogens (primary N) is 1. The van der Waals surface area contributed by atoms with Gasteiger partial charge in [0.25, 0.3) is 0 Å². The zero-order valence-corrected chi connectivity index (χ0v) is 19.7. The Hall–Kier alpha value is -3.85. The molecule has 0 radical (unpaired) electrons. The van der Waals surface area contributed by atoms with Crippen LogP contribution in [0.1, 0.15) is 0 Å². The third-order valence-electron chi connectivity index (χ3n) is 5.56. The first-order valence-corrected chi connectivity index (χ1v) is 10.7. The van der Waals surface area contributed by atoms with Crippen molar-refractivity contribution in [1.82, 2.24) is 24.4 Å².